The summed E-state index contributed by atoms with van der Waals surface area (Å²) in [6.07, 6.45) is 7.77. The van der Waals surface area contributed by atoms with E-state index < -0.39 is 0 Å². The standard InChI is InChI=1S/C15H19NO/c17-15(13-8-4-1-2-5-9-13)12-16-14-10-6-3-7-11-14/h3,6-8,10-11,16H,1-2,4-5,9,12H2. The van der Waals surface area contributed by atoms with E-state index >= 15 is 0 Å². The molecule has 0 saturated heterocycles. The molecule has 1 N–H and O–H groups in total. The second-order valence-corrected chi connectivity index (χ2v) is 4.47. The third kappa shape index (κ3) is 3.74. The third-order valence-corrected chi connectivity index (χ3v) is 3.13. The van der Waals surface area contributed by atoms with Crippen molar-refractivity contribution in [3.8, 4) is 0 Å². The van der Waals surface area contributed by atoms with Crippen molar-refractivity contribution >= 4 is 11.5 Å². The highest BCUT2D eigenvalue weighted by Crippen LogP contribution is 2.18. The Morgan fingerprint density at radius 2 is 1.94 bits per heavy atom. The third-order valence-electron chi connectivity index (χ3n) is 3.13. The van der Waals surface area contributed by atoms with Gasteiger partial charge in [-0.25, -0.2) is 0 Å². The molecule has 0 bridgehead atoms. The average molecular weight is 229 g/mol. The Balaban J connectivity index is 1.86. The van der Waals surface area contributed by atoms with Gasteiger partial charge in [0.05, 0.1) is 6.54 Å². The van der Waals surface area contributed by atoms with Gasteiger partial charge in [0.25, 0.3) is 0 Å². The number of nitrogens with one attached hydrogen (secondary N) is 1. The van der Waals surface area contributed by atoms with E-state index in [1.165, 1.54) is 12.8 Å². The molecule has 2 rings (SSSR count). The summed E-state index contributed by atoms with van der Waals surface area (Å²) in [6, 6.07) is 9.87. The quantitative estimate of drug-likeness (QED) is 0.855. The van der Waals surface area contributed by atoms with Crippen LogP contribution in [0.2, 0.25) is 0 Å². The topological polar surface area (TPSA) is 29.1 Å². The van der Waals surface area contributed by atoms with Crippen LogP contribution in [0.3, 0.4) is 0 Å². The molecule has 90 valence electrons. The second kappa shape index (κ2) is 6.24. The lowest BCUT2D eigenvalue weighted by Crippen LogP contribution is -2.15. The van der Waals surface area contributed by atoms with Crippen LogP contribution in [0.5, 0.6) is 0 Å². The first-order chi connectivity index (χ1) is 8.36. The van der Waals surface area contributed by atoms with Gasteiger partial charge in [-0.05, 0) is 43.4 Å². The van der Waals surface area contributed by atoms with Crippen molar-refractivity contribution < 1.29 is 4.79 Å². The number of carbonyl (C=O) groups excluding carboxylic acids is 1. The molecule has 0 fully saturated rings. The number of ketones is 1. The lowest BCUT2D eigenvalue weighted by molar-refractivity contribution is -0.114. The Morgan fingerprint density at radius 1 is 1.12 bits per heavy atom. The summed E-state index contributed by atoms with van der Waals surface area (Å²) in [5, 5.41) is 3.17. The van der Waals surface area contributed by atoms with Crippen LogP contribution in [0.4, 0.5) is 5.69 Å². The molecule has 1 aliphatic rings. The van der Waals surface area contributed by atoms with Crippen LogP contribution < -0.4 is 5.32 Å². The SMILES string of the molecule is O=C(CNc1ccccc1)C1=CCCCCC1. The fourth-order valence-electron chi connectivity index (χ4n) is 2.12. The van der Waals surface area contributed by atoms with Crippen LogP contribution in [-0.2, 0) is 4.79 Å². The molecule has 0 spiro atoms. The van der Waals surface area contributed by atoms with E-state index in [1.807, 2.05) is 30.3 Å². The summed E-state index contributed by atoms with van der Waals surface area (Å²) in [6.45, 7) is 0.413. The number of carbonyl (C=O) groups is 1. The molecule has 0 heterocycles. The number of hydrogen-bond donors (Lipinski definition) is 1. The lowest BCUT2D eigenvalue weighted by Gasteiger charge is -2.07. The molecule has 0 saturated carbocycles. The van der Waals surface area contributed by atoms with Crippen molar-refractivity contribution in [2.75, 3.05) is 11.9 Å². The van der Waals surface area contributed by atoms with Gasteiger partial charge in [0.1, 0.15) is 0 Å². The van der Waals surface area contributed by atoms with Gasteiger partial charge >= 0.3 is 0 Å². The summed E-state index contributed by atoms with van der Waals surface area (Å²) in [5.41, 5.74) is 2.03. The first-order valence-electron chi connectivity index (χ1n) is 6.37. The molecule has 1 aromatic carbocycles. The molecular weight excluding hydrogens is 210 g/mol. The van der Waals surface area contributed by atoms with E-state index in [4.69, 9.17) is 0 Å². The van der Waals surface area contributed by atoms with Crippen LogP contribution in [0.25, 0.3) is 0 Å². The predicted octanol–water partition coefficient (Wildman–Crippen LogP) is 3.56. The Labute approximate surface area is 103 Å². The summed E-state index contributed by atoms with van der Waals surface area (Å²) in [5.74, 6) is 0.246. The van der Waals surface area contributed by atoms with E-state index in [1.54, 1.807) is 0 Å². The minimum atomic E-state index is 0.246. The number of rotatable bonds is 4. The molecule has 1 aromatic rings. The van der Waals surface area contributed by atoms with E-state index in [2.05, 4.69) is 11.4 Å². The van der Waals surface area contributed by atoms with E-state index in [-0.39, 0.29) is 5.78 Å². The van der Waals surface area contributed by atoms with Gasteiger partial charge in [-0.1, -0.05) is 30.7 Å². The predicted molar refractivity (Wildman–Crippen MR) is 71.1 cm³/mol. The van der Waals surface area contributed by atoms with Crippen LogP contribution in [0, 0.1) is 0 Å². The number of anilines is 1. The minimum Gasteiger partial charge on any atom is -0.378 e. The zero-order chi connectivity index (χ0) is 11.9. The highest BCUT2D eigenvalue weighted by atomic mass is 16.1. The van der Waals surface area contributed by atoms with Crippen molar-refractivity contribution in [3.05, 3.63) is 42.0 Å². The van der Waals surface area contributed by atoms with Crippen molar-refractivity contribution in [1.82, 2.24) is 0 Å². The molecule has 0 aromatic heterocycles. The highest BCUT2D eigenvalue weighted by molar-refractivity contribution is 5.98. The molecule has 0 radical (unpaired) electrons. The number of para-hydroxylation sites is 1. The van der Waals surface area contributed by atoms with Crippen LogP contribution in [0.15, 0.2) is 42.0 Å². The zero-order valence-corrected chi connectivity index (χ0v) is 10.1. The Hall–Kier alpha value is -1.57. The van der Waals surface area contributed by atoms with E-state index in [9.17, 15) is 4.79 Å². The highest BCUT2D eigenvalue weighted by Gasteiger charge is 2.10. The molecule has 0 unspecified atom stereocenters. The molecule has 2 heteroatoms. The van der Waals surface area contributed by atoms with E-state index in [0.29, 0.717) is 6.54 Å². The van der Waals surface area contributed by atoms with Crippen LogP contribution in [-0.4, -0.2) is 12.3 Å². The maximum absolute atomic E-state index is 12.0. The monoisotopic (exact) mass is 229 g/mol. The molecule has 0 amide bonds. The number of allylic oxidation sites excluding steroid dienone is 1. The van der Waals surface area contributed by atoms with Gasteiger partial charge in [0.15, 0.2) is 5.78 Å². The van der Waals surface area contributed by atoms with Crippen molar-refractivity contribution in [3.63, 3.8) is 0 Å². The zero-order valence-electron chi connectivity index (χ0n) is 10.1. The largest absolute Gasteiger partial charge is 0.378 e. The lowest BCUT2D eigenvalue weighted by atomic mass is 10.1. The van der Waals surface area contributed by atoms with Gasteiger partial charge in [-0.2, -0.15) is 0 Å². The van der Waals surface area contributed by atoms with Crippen molar-refractivity contribution in [2.24, 2.45) is 0 Å². The fraction of sp³-hybridized carbons (Fsp3) is 0.400. The van der Waals surface area contributed by atoms with Crippen LogP contribution >= 0.6 is 0 Å². The molecule has 2 nitrogen and oxygen atoms in total. The average Bonchev–Trinajstić information content (AvgIpc) is 2.66. The Morgan fingerprint density at radius 3 is 2.76 bits per heavy atom. The van der Waals surface area contributed by atoms with Gasteiger partial charge in [0, 0.05) is 5.69 Å². The maximum Gasteiger partial charge on any atom is 0.177 e. The van der Waals surface area contributed by atoms with E-state index in [0.717, 1.165) is 30.5 Å². The number of Topliss-reactive ketones (excluding diaryl/α,β-unsaturated/α-hetero) is 1. The van der Waals surface area contributed by atoms with Crippen LogP contribution in [0.1, 0.15) is 32.1 Å². The first-order valence-corrected chi connectivity index (χ1v) is 6.37. The smallest absolute Gasteiger partial charge is 0.177 e. The summed E-state index contributed by atoms with van der Waals surface area (Å²) < 4.78 is 0. The van der Waals surface area contributed by atoms with Gasteiger partial charge in [0.2, 0.25) is 0 Å². The van der Waals surface area contributed by atoms with Crippen molar-refractivity contribution in [2.45, 2.75) is 32.1 Å². The van der Waals surface area contributed by atoms with Gasteiger partial charge in [-0.3, -0.25) is 4.79 Å². The van der Waals surface area contributed by atoms with Crippen molar-refractivity contribution in [1.29, 1.82) is 0 Å². The first kappa shape index (κ1) is 11.9. The number of hydrogen-bond acceptors (Lipinski definition) is 2. The molecule has 17 heavy (non-hydrogen) atoms. The minimum absolute atomic E-state index is 0.246. The Bertz CT molecular complexity index is 395. The summed E-state index contributed by atoms with van der Waals surface area (Å²) in [7, 11) is 0. The van der Waals surface area contributed by atoms with Gasteiger partial charge < -0.3 is 5.32 Å². The van der Waals surface area contributed by atoms with Gasteiger partial charge in [-0.15, -0.1) is 0 Å². The molecule has 1 aliphatic carbocycles. The Kier molecular flexibility index (Phi) is 4.37. The normalized spacial score (nSPS) is 15.9. The molecular formula is C15H19NO. The maximum atomic E-state index is 12.0. The summed E-state index contributed by atoms with van der Waals surface area (Å²) >= 11 is 0. The molecule has 0 atom stereocenters. The fourth-order valence-corrected chi connectivity index (χ4v) is 2.12. The second-order valence-electron chi connectivity index (χ2n) is 4.47. The molecule has 0 aliphatic heterocycles. The summed E-state index contributed by atoms with van der Waals surface area (Å²) in [4.78, 5) is 12.0. The number of benzene rings is 1.